The van der Waals surface area contributed by atoms with E-state index in [1.807, 2.05) is 24.3 Å². The van der Waals surface area contributed by atoms with Crippen LogP contribution in [0.15, 0.2) is 24.3 Å². The van der Waals surface area contributed by atoms with E-state index in [4.69, 9.17) is 10.5 Å². The molecule has 3 N–H and O–H groups in total. The normalized spacial score (nSPS) is 25.7. The number of amides is 1. The van der Waals surface area contributed by atoms with Gasteiger partial charge in [0.1, 0.15) is 0 Å². The Morgan fingerprint density at radius 2 is 2.16 bits per heavy atom. The molecule has 1 aliphatic carbocycles. The summed E-state index contributed by atoms with van der Waals surface area (Å²) < 4.78 is 5.14. The summed E-state index contributed by atoms with van der Waals surface area (Å²) in [7, 11) is 1.65. The molecule has 1 aromatic carbocycles. The highest BCUT2D eigenvalue weighted by Crippen LogP contribution is 2.45. The topological polar surface area (TPSA) is 64.3 Å². The molecule has 0 bridgehead atoms. The first-order valence-corrected chi connectivity index (χ1v) is 6.69. The molecule has 0 saturated heterocycles. The molecule has 4 heteroatoms. The number of rotatable bonds is 5. The summed E-state index contributed by atoms with van der Waals surface area (Å²) >= 11 is 0. The Morgan fingerprint density at radius 1 is 1.47 bits per heavy atom. The van der Waals surface area contributed by atoms with Crippen LogP contribution in [0.25, 0.3) is 0 Å². The minimum Gasteiger partial charge on any atom is -0.380 e. The highest BCUT2D eigenvalue weighted by Gasteiger charge is 2.47. The van der Waals surface area contributed by atoms with Gasteiger partial charge in [0, 0.05) is 24.9 Å². The maximum absolute atomic E-state index is 12.4. The highest BCUT2D eigenvalue weighted by atomic mass is 16.5. The van der Waals surface area contributed by atoms with Crippen LogP contribution >= 0.6 is 0 Å². The van der Waals surface area contributed by atoms with Crippen molar-refractivity contribution in [3.63, 3.8) is 0 Å². The smallest absolute Gasteiger partial charge is 0.231 e. The molecule has 0 unspecified atom stereocenters. The van der Waals surface area contributed by atoms with E-state index < -0.39 is 0 Å². The number of nitrogens with one attached hydrogen (secondary N) is 1. The molecule has 4 nitrogen and oxygen atoms in total. The molecule has 0 aromatic heterocycles. The third-order valence-electron chi connectivity index (χ3n) is 3.92. The molecule has 19 heavy (non-hydrogen) atoms. The first-order chi connectivity index (χ1) is 9.11. The average molecular weight is 262 g/mol. The van der Waals surface area contributed by atoms with E-state index in [1.54, 1.807) is 7.11 Å². The lowest BCUT2D eigenvalue weighted by Gasteiger charge is -2.44. The zero-order valence-corrected chi connectivity index (χ0v) is 11.6. The average Bonchev–Trinajstić information content (AvgIpc) is 2.37. The van der Waals surface area contributed by atoms with Crippen LogP contribution in [0.5, 0.6) is 0 Å². The molecule has 0 heterocycles. The number of benzene rings is 1. The maximum Gasteiger partial charge on any atom is 0.231 e. The highest BCUT2D eigenvalue weighted by molar-refractivity contribution is 5.96. The van der Waals surface area contributed by atoms with Crippen molar-refractivity contribution in [1.82, 2.24) is 0 Å². The van der Waals surface area contributed by atoms with Crippen LogP contribution in [-0.2, 0) is 16.1 Å². The summed E-state index contributed by atoms with van der Waals surface area (Å²) in [6.07, 6.45) is 1.75. The second-order valence-electron chi connectivity index (χ2n) is 5.54. The van der Waals surface area contributed by atoms with Crippen LogP contribution in [0, 0.1) is 11.3 Å². The summed E-state index contributed by atoms with van der Waals surface area (Å²) in [5.74, 6) is 0.625. The van der Waals surface area contributed by atoms with Gasteiger partial charge in [0.25, 0.3) is 0 Å². The van der Waals surface area contributed by atoms with E-state index >= 15 is 0 Å². The molecule has 1 saturated carbocycles. The van der Waals surface area contributed by atoms with Crippen molar-refractivity contribution in [1.29, 1.82) is 0 Å². The quantitative estimate of drug-likeness (QED) is 0.854. The first kappa shape index (κ1) is 14.0. The Morgan fingerprint density at radius 3 is 2.74 bits per heavy atom. The maximum atomic E-state index is 12.4. The summed E-state index contributed by atoms with van der Waals surface area (Å²) in [5, 5.41) is 3.01. The molecule has 0 radical (unpaired) electrons. The van der Waals surface area contributed by atoms with E-state index in [0.717, 1.165) is 24.1 Å². The predicted octanol–water partition coefficient (Wildman–Crippen LogP) is 2.15. The van der Waals surface area contributed by atoms with E-state index in [0.29, 0.717) is 19.1 Å². The number of hydrogen-bond donors (Lipinski definition) is 2. The van der Waals surface area contributed by atoms with Gasteiger partial charge < -0.3 is 15.8 Å². The largest absolute Gasteiger partial charge is 0.380 e. The number of carbonyl (C=O) groups excluding carboxylic acids is 1. The molecule has 0 atom stereocenters. The number of carbonyl (C=O) groups is 1. The second kappa shape index (κ2) is 5.72. The number of para-hydroxylation sites is 1. The molecule has 2 rings (SSSR count). The van der Waals surface area contributed by atoms with Gasteiger partial charge in [-0.3, -0.25) is 4.79 Å². The molecule has 1 amide bonds. The molecular weight excluding hydrogens is 240 g/mol. The first-order valence-electron chi connectivity index (χ1n) is 6.69. The molecule has 104 valence electrons. The monoisotopic (exact) mass is 262 g/mol. The molecule has 0 aliphatic heterocycles. The van der Waals surface area contributed by atoms with Crippen molar-refractivity contribution in [2.45, 2.75) is 26.4 Å². The molecule has 1 fully saturated rings. The molecule has 1 aliphatic rings. The van der Waals surface area contributed by atoms with Crippen molar-refractivity contribution >= 4 is 11.6 Å². The number of hydrogen-bond acceptors (Lipinski definition) is 3. The van der Waals surface area contributed by atoms with Gasteiger partial charge >= 0.3 is 0 Å². The Balaban J connectivity index is 2.10. The Kier molecular flexibility index (Phi) is 4.22. The summed E-state index contributed by atoms with van der Waals surface area (Å²) in [5.41, 5.74) is 7.23. The number of nitrogens with two attached hydrogens (primary N) is 1. The van der Waals surface area contributed by atoms with Crippen LogP contribution in [0.1, 0.15) is 25.3 Å². The Labute approximate surface area is 114 Å². The van der Waals surface area contributed by atoms with Gasteiger partial charge in [-0.2, -0.15) is 0 Å². The summed E-state index contributed by atoms with van der Waals surface area (Å²) in [6.45, 7) is 3.05. The fourth-order valence-corrected chi connectivity index (χ4v) is 2.90. The number of methoxy groups -OCH3 is 1. The van der Waals surface area contributed by atoms with Gasteiger partial charge in [-0.1, -0.05) is 25.1 Å². The van der Waals surface area contributed by atoms with E-state index in [9.17, 15) is 4.79 Å². The van der Waals surface area contributed by atoms with Crippen molar-refractivity contribution in [2.24, 2.45) is 17.1 Å². The van der Waals surface area contributed by atoms with Gasteiger partial charge in [-0.05, 0) is 24.8 Å². The summed E-state index contributed by atoms with van der Waals surface area (Å²) in [4.78, 5) is 12.4. The van der Waals surface area contributed by atoms with Crippen molar-refractivity contribution < 1.29 is 9.53 Å². The van der Waals surface area contributed by atoms with Gasteiger partial charge in [-0.15, -0.1) is 0 Å². The molecule has 0 spiro atoms. The van der Waals surface area contributed by atoms with Crippen LogP contribution < -0.4 is 11.1 Å². The minimum atomic E-state index is -0.375. The van der Waals surface area contributed by atoms with Crippen LogP contribution in [0.4, 0.5) is 5.69 Å². The van der Waals surface area contributed by atoms with Crippen molar-refractivity contribution in [3.05, 3.63) is 29.8 Å². The minimum absolute atomic E-state index is 0.0386. The number of anilines is 1. The zero-order valence-electron chi connectivity index (χ0n) is 11.6. The lowest BCUT2D eigenvalue weighted by atomic mass is 9.62. The third kappa shape index (κ3) is 2.80. The standard InChI is InChI=1S/C15H22N2O2/c1-11-7-15(8-11,10-16)14(18)17-13-6-4-3-5-12(13)9-19-2/h3-6,11H,7-10,16H2,1-2H3,(H,17,18). The van der Waals surface area contributed by atoms with Crippen LogP contribution in [-0.4, -0.2) is 19.6 Å². The fourth-order valence-electron chi connectivity index (χ4n) is 2.90. The number of ether oxygens (including phenoxy) is 1. The van der Waals surface area contributed by atoms with E-state index in [-0.39, 0.29) is 11.3 Å². The lowest BCUT2D eigenvalue weighted by Crippen LogP contribution is -2.51. The SMILES string of the molecule is COCc1ccccc1NC(=O)C1(CN)CC(C)C1. The van der Waals surface area contributed by atoms with Gasteiger partial charge in [0.2, 0.25) is 5.91 Å². The van der Waals surface area contributed by atoms with Gasteiger partial charge in [0.15, 0.2) is 0 Å². The van der Waals surface area contributed by atoms with E-state index in [2.05, 4.69) is 12.2 Å². The fraction of sp³-hybridized carbons (Fsp3) is 0.533. The van der Waals surface area contributed by atoms with E-state index in [1.165, 1.54) is 0 Å². The molecular formula is C15H22N2O2. The van der Waals surface area contributed by atoms with Gasteiger partial charge in [-0.25, -0.2) is 0 Å². The van der Waals surface area contributed by atoms with Crippen molar-refractivity contribution in [2.75, 3.05) is 19.0 Å². The van der Waals surface area contributed by atoms with Crippen molar-refractivity contribution in [3.8, 4) is 0 Å². The van der Waals surface area contributed by atoms with Crippen LogP contribution in [0.3, 0.4) is 0 Å². The van der Waals surface area contributed by atoms with Crippen LogP contribution in [0.2, 0.25) is 0 Å². The zero-order chi connectivity index (χ0) is 13.9. The third-order valence-corrected chi connectivity index (χ3v) is 3.92. The summed E-state index contributed by atoms with van der Waals surface area (Å²) in [6, 6.07) is 7.71. The second-order valence-corrected chi connectivity index (χ2v) is 5.54. The molecule has 1 aromatic rings. The Hall–Kier alpha value is -1.39. The van der Waals surface area contributed by atoms with Gasteiger partial charge in [0.05, 0.1) is 12.0 Å². The predicted molar refractivity (Wildman–Crippen MR) is 75.7 cm³/mol. The lowest BCUT2D eigenvalue weighted by molar-refractivity contribution is -0.132. The Bertz CT molecular complexity index is 453.